The van der Waals surface area contributed by atoms with Gasteiger partial charge in [0.05, 0.1) is 0 Å². The molecule has 1 amide bonds. The van der Waals surface area contributed by atoms with Gasteiger partial charge < -0.3 is 11.1 Å². The van der Waals surface area contributed by atoms with Crippen LogP contribution in [0.4, 0.5) is 11.5 Å². The molecule has 7 heteroatoms. The van der Waals surface area contributed by atoms with Crippen LogP contribution in [-0.2, 0) is 0 Å². The third-order valence-electron chi connectivity index (χ3n) is 3.09. The van der Waals surface area contributed by atoms with Gasteiger partial charge in [-0.3, -0.25) is 14.6 Å². The second kappa shape index (κ2) is 7.13. The van der Waals surface area contributed by atoms with Crippen LogP contribution in [0.1, 0.15) is 30.6 Å². The molecule has 0 saturated carbocycles. The Morgan fingerprint density at radius 3 is 2.68 bits per heavy atom. The number of nitrogens with one attached hydrogen (secondary N) is 2. The number of carbonyl (C=O) groups excluding carboxylic acids is 1. The lowest BCUT2D eigenvalue weighted by atomic mass is 10.2. The summed E-state index contributed by atoms with van der Waals surface area (Å²) >= 11 is 1.44. The molecule has 0 fully saturated rings. The highest BCUT2D eigenvalue weighted by atomic mass is 32.2. The zero-order valence-electron chi connectivity index (χ0n) is 12.4. The van der Waals surface area contributed by atoms with Crippen molar-refractivity contribution < 1.29 is 4.79 Å². The molecule has 1 heterocycles. The second-order valence-corrected chi connectivity index (χ2v) is 6.22. The molecule has 22 heavy (non-hydrogen) atoms. The van der Waals surface area contributed by atoms with Crippen LogP contribution >= 0.6 is 11.8 Å². The average Bonchev–Trinajstić information content (AvgIpc) is 2.51. The van der Waals surface area contributed by atoms with E-state index < -0.39 is 11.5 Å². The van der Waals surface area contributed by atoms with Crippen molar-refractivity contribution in [3.8, 4) is 0 Å². The van der Waals surface area contributed by atoms with Gasteiger partial charge in [-0.05, 0) is 18.6 Å². The van der Waals surface area contributed by atoms with Gasteiger partial charge >= 0.3 is 0 Å². The smallest absolute Gasteiger partial charge is 0.277 e. The van der Waals surface area contributed by atoms with Crippen molar-refractivity contribution in [2.75, 3.05) is 11.1 Å². The molecule has 0 bridgehead atoms. The summed E-state index contributed by atoms with van der Waals surface area (Å²) in [6.45, 7) is 4.08. The zero-order chi connectivity index (χ0) is 16.1. The summed E-state index contributed by atoms with van der Waals surface area (Å²) in [6, 6.07) is 8.60. The number of hydrogen-bond acceptors (Lipinski definition) is 5. The van der Waals surface area contributed by atoms with Crippen molar-refractivity contribution in [2.45, 2.75) is 30.7 Å². The summed E-state index contributed by atoms with van der Waals surface area (Å²) in [6.07, 6.45) is 0.945. The molecule has 0 aliphatic rings. The average molecular weight is 318 g/mol. The van der Waals surface area contributed by atoms with Gasteiger partial charge in [0.1, 0.15) is 5.69 Å². The maximum Gasteiger partial charge on any atom is 0.277 e. The number of rotatable bonds is 5. The Morgan fingerprint density at radius 2 is 2.09 bits per heavy atom. The number of nitrogens with zero attached hydrogens (tertiary/aromatic N) is 1. The van der Waals surface area contributed by atoms with Crippen LogP contribution < -0.4 is 16.6 Å². The number of hydrogen-bond donors (Lipinski definition) is 3. The minimum absolute atomic E-state index is 0.0128. The number of anilines is 2. The summed E-state index contributed by atoms with van der Waals surface area (Å²) in [7, 11) is 0. The predicted octanol–water partition coefficient (Wildman–Crippen LogP) is 2.50. The largest absolute Gasteiger partial charge is 0.382 e. The third kappa shape index (κ3) is 3.88. The van der Waals surface area contributed by atoms with Crippen molar-refractivity contribution >= 4 is 29.2 Å². The first-order chi connectivity index (χ1) is 10.5. The zero-order valence-corrected chi connectivity index (χ0v) is 13.2. The van der Waals surface area contributed by atoms with Gasteiger partial charge in [-0.2, -0.15) is 0 Å². The first-order valence-electron chi connectivity index (χ1n) is 6.94. The van der Waals surface area contributed by atoms with Gasteiger partial charge in [0.2, 0.25) is 0 Å². The molecule has 0 aliphatic carbocycles. The van der Waals surface area contributed by atoms with Crippen molar-refractivity contribution in [3.05, 3.63) is 46.2 Å². The van der Waals surface area contributed by atoms with Crippen LogP contribution in [0, 0.1) is 0 Å². The number of aromatic amines is 1. The van der Waals surface area contributed by atoms with E-state index in [0.717, 1.165) is 6.42 Å². The SMILES string of the molecule is CC[C@H](C)Sc1nc(N)c(NC(=O)c2ccccc2)c(=O)[nH]1. The fourth-order valence-electron chi connectivity index (χ4n) is 1.69. The Morgan fingerprint density at radius 1 is 1.41 bits per heavy atom. The van der Waals surface area contributed by atoms with Gasteiger partial charge in [0.25, 0.3) is 11.5 Å². The summed E-state index contributed by atoms with van der Waals surface area (Å²) in [5.74, 6) is -0.388. The quantitative estimate of drug-likeness (QED) is 0.581. The Bertz CT molecular complexity index is 715. The maximum absolute atomic E-state index is 12.1. The lowest BCUT2D eigenvalue weighted by Gasteiger charge is -2.10. The Kier molecular flexibility index (Phi) is 5.21. The number of nitrogen functional groups attached to an aromatic ring is 1. The molecule has 4 N–H and O–H groups in total. The van der Waals surface area contributed by atoms with E-state index in [1.807, 2.05) is 13.8 Å². The van der Waals surface area contributed by atoms with Gasteiger partial charge in [-0.1, -0.05) is 43.8 Å². The van der Waals surface area contributed by atoms with Crippen LogP contribution in [0.3, 0.4) is 0 Å². The van der Waals surface area contributed by atoms with E-state index in [0.29, 0.717) is 16.0 Å². The van der Waals surface area contributed by atoms with Crippen LogP contribution in [0.25, 0.3) is 0 Å². The Balaban J connectivity index is 2.22. The molecule has 1 atom stereocenters. The van der Waals surface area contributed by atoms with E-state index in [4.69, 9.17) is 5.73 Å². The van der Waals surface area contributed by atoms with E-state index in [2.05, 4.69) is 15.3 Å². The molecule has 2 aromatic rings. The van der Waals surface area contributed by atoms with Crippen LogP contribution in [-0.4, -0.2) is 21.1 Å². The first-order valence-corrected chi connectivity index (χ1v) is 7.82. The molecular formula is C15H18N4O2S. The Labute approximate surface area is 132 Å². The van der Waals surface area contributed by atoms with Gasteiger partial charge in [-0.15, -0.1) is 0 Å². The molecule has 0 unspecified atom stereocenters. The summed E-state index contributed by atoms with van der Waals surface area (Å²) in [5, 5.41) is 3.28. The molecule has 116 valence electrons. The molecule has 1 aromatic carbocycles. The summed E-state index contributed by atoms with van der Waals surface area (Å²) < 4.78 is 0. The number of H-pyrrole nitrogens is 1. The van der Waals surface area contributed by atoms with Gasteiger partial charge in [-0.25, -0.2) is 4.98 Å². The molecular weight excluding hydrogens is 300 g/mol. The predicted molar refractivity (Wildman–Crippen MR) is 89.3 cm³/mol. The van der Waals surface area contributed by atoms with Crippen molar-refractivity contribution in [3.63, 3.8) is 0 Å². The fourth-order valence-corrected chi connectivity index (χ4v) is 2.55. The minimum Gasteiger partial charge on any atom is -0.382 e. The highest BCUT2D eigenvalue weighted by Crippen LogP contribution is 2.22. The molecule has 0 aliphatic heterocycles. The van der Waals surface area contributed by atoms with Crippen LogP contribution in [0.15, 0.2) is 40.3 Å². The molecule has 2 rings (SSSR count). The lowest BCUT2D eigenvalue weighted by Crippen LogP contribution is -2.23. The minimum atomic E-state index is -0.456. The number of carbonyl (C=O) groups is 1. The summed E-state index contributed by atoms with van der Waals surface area (Å²) in [4.78, 5) is 30.9. The number of thioether (sulfide) groups is 1. The second-order valence-electron chi connectivity index (χ2n) is 4.79. The number of nitrogens with two attached hydrogens (primary N) is 1. The van der Waals surface area contributed by atoms with Gasteiger partial charge in [0, 0.05) is 10.8 Å². The van der Waals surface area contributed by atoms with E-state index in [9.17, 15) is 9.59 Å². The standard InChI is InChI=1S/C15H18N4O2S/c1-3-9(2)22-15-18-12(16)11(14(21)19-15)17-13(20)10-7-5-4-6-8-10/h4-9H,3H2,1-2H3,(H,17,20)(H3,16,18,19,21)/t9-/m0/s1. The Hall–Kier alpha value is -2.28. The molecule has 0 saturated heterocycles. The maximum atomic E-state index is 12.1. The third-order valence-corrected chi connectivity index (χ3v) is 4.24. The molecule has 6 nitrogen and oxygen atoms in total. The summed E-state index contributed by atoms with van der Waals surface area (Å²) in [5.41, 5.74) is 5.77. The van der Waals surface area contributed by atoms with E-state index in [1.54, 1.807) is 30.3 Å². The fraction of sp³-hybridized carbons (Fsp3) is 0.267. The van der Waals surface area contributed by atoms with Crippen molar-refractivity contribution in [2.24, 2.45) is 0 Å². The monoisotopic (exact) mass is 318 g/mol. The van der Waals surface area contributed by atoms with Crippen LogP contribution in [0.2, 0.25) is 0 Å². The number of amides is 1. The number of benzene rings is 1. The number of aromatic nitrogens is 2. The van der Waals surface area contributed by atoms with E-state index in [1.165, 1.54) is 11.8 Å². The van der Waals surface area contributed by atoms with Gasteiger partial charge in [0.15, 0.2) is 11.0 Å². The normalized spacial score (nSPS) is 11.9. The first kappa shape index (κ1) is 16.1. The lowest BCUT2D eigenvalue weighted by molar-refractivity contribution is 0.102. The van der Waals surface area contributed by atoms with E-state index in [-0.39, 0.29) is 11.5 Å². The highest BCUT2D eigenvalue weighted by Gasteiger charge is 2.14. The topological polar surface area (TPSA) is 101 Å². The van der Waals surface area contributed by atoms with E-state index >= 15 is 0 Å². The van der Waals surface area contributed by atoms with Crippen molar-refractivity contribution in [1.29, 1.82) is 0 Å². The highest BCUT2D eigenvalue weighted by molar-refractivity contribution is 7.99. The van der Waals surface area contributed by atoms with Crippen molar-refractivity contribution in [1.82, 2.24) is 9.97 Å². The molecule has 1 aromatic heterocycles. The molecule has 0 spiro atoms. The molecule has 0 radical (unpaired) electrons. The van der Waals surface area contributed by atoms with Crippen LogP contribution in [0.5, 0.6) is 0 Å².